The first-order valence-corrected chi connectivity index (χ1v) is 17.0. The van der Waals surface area contributed by atoms with E-state index in [1.165, 1.54) is 0 Å². The molecule has 0 saturated heterocycles. The molecule has 264 valence electrons. The van der Waals surface area contributed by atoms with Gasteiger partial charge in [0.25, 0.3) is 0 Å². The van der Waals surface area contributed by atoms with E-state index >= 15 is 0 Å². The summed E-state index contributed by atoms with van der Waals surface area (Å²) in [6.07, 6.45) is 4.40. The lowest BCUT2D eigenvalue weighted by atomic mass is 10.1. The molecular formula is C37H47N9O4. The number of nitrogens with one attached hydrogen (secondary N) is 4. The van der Waals surface area contributed by atoms with Crippen LogP contribution in [0.1, 0.15) is 56.8 Å². The SMILES string of the molecule is CCCCc1nc2c(N)nc3ccccc3c2n1CCCCNC(=O)CCC(=O)NCC(=O)NCC(=O)NCc1ccccccccc1N. The highest BCUT2D eigenvalue weighted by Crippen LogP contribution is 2.29. The van der Waals surface area contributed by atoms with Gasteiger partial charge in [0.2, 0.25) is 23.6 Å². The normalized spacial score (nSPS) is 10.7. The van der Waals surface area contributed by atoms with Crippen LogP contribution in [0, 0.1) is 0 Å². The molecule has 13 nitrogen and oxygen atoms in total. The van der Waals surface area contributed by atoms with E-state index < -0.39 is 17.7 Å². The summed E-state index contributed by atoms with van der Waals surface area (Å²) in [7, 11) is 0. The Morgan fingerprint density at radius 1 is 0.700 bits per heavy atom. The number of nitrogen functional groups attached to an aromatic ring is 2. The van der Waals surface area contributed by atoms with E-state index in [0.717, 1.165) is 72.0 Å². The lowest BCUT2D eigenvalue weighted by Crippen LogP contribution is -2.42. The summed E-state index contributed by atoms with van der Waals surface area (Å²) in [6, 6.07) is 22.5. The summed E-state index contributed by atoms with van der Waals surface area (Å²) in [5.41, 5.74) is 16.1. The van der Waals surface area contributed by atoms with Gasteiger partial charge < -0.3 is 37.3 Å². The molecule has 0 atom stereocenters. The summed E-state index contributed by atoms with van der Waals surface area (Å²) in [5, 5.41) is 11.5. The molecule has 8 N–H and O–H groups in total. The second kappa shape index (κ2) is 19.3. The molecule has 0 radical (unpaired) electrons. The summed E-state index contributed by atoms with van der Waals surface area (Å²) in [4.78, 5) is 58.4. The van der Waals surface area contributed by atoms with E-state index in [0.29, 0.717) is 18.1 Å². The molecule has 0 aliphatic carbocycles. The molecule has 2 aromatic carbocycles. The number of carbonyl (C=O) groups is 4. The number of pyridine rings is 1. The molecule has 2 heterocycles. The number of imidazole rings is 1. The average molecular weight is 682 g/mol. The maximum Gasteiger partial charge on any atom is 0.239 e. The maximum absolute atomic E-state index is 12.4. The average Bonchev–Trinajstić information content (AvgIpc) is 3.49. The van der Waals surface area contributed by atoms with Crippen LogP contribution >= 0.6 is 0 Å². The molecule has 0 unspecified atom stereocenters. The number of fused-ring (bicyclic) bond motifs is 3. The quantitative estimate of drug-likeness (QED) is 0.0911. The monoisotopic (exact) mass is 681 g/mol. The van der Waals surface area contributed by atoms with Gasteiger partial charge in [0.05, 0.1) is 24.1 Å². The fourth-order valence-electron chi connectivity index (χ4n) is 5.33. The Morgan fingerprint density at radius 3 is 2.10 bits per heavy atom. The van der Waals surface area contributed by atoms with Crippen molar-refractivity contribution in [2.45, 2.75) is 65.0 Å². The van der Waals surface area contributed by atoms with Crippen LogP contribution < -0.4 is 32.7 Å². The smallest absolute Gasteiger partial charge is 0.239 e. The van der Waals surface area contributed by atoms with Crippen LogP contribution in [0.3, 0.4) is 0 Å². The van der Waals surface area contributed by atoms with Crippen molar-refractivity contribution in [3.63, 3.8) is 0 Å². The van der Waals surface area contributed by atoms with Crippen LogP contribution in [-0.2, 0) is 38.7 Å². The second-order valence-electron chi connectivity index (χ2n) is 11.9. The molecule has 0 aliphatic heterocycles. The van der Waals surface area contributed by atoms with Gasteiger partial charge in [-0.15, -0.1) is 0 Å². The van der Waals surface area contributed by atoms with Gasteiger partial charge in [0.1, 0.15) is 11.3 Å². The van der Waals surface area contributed by atoms with Crippen LogP contribution in [0.15, 0.2) is 72.8 Å². The van der Waals surface area contributed by atoms with Crippen LogP contribution in [-0.4, -0.2) is 57.8 Å². The van der Waals surface area contributed by atoms with Crippen molar-refractivity contribution < 1.29 is 19.2 Å². The first-order valence-electron chi connectivity index (χ1n) is 17.0. The molecule has 4 amide bonds. The van der Waals surface area contributed by atoms with E-state index in [1.807, 2.05) is 54.6 Å². The molecule has 0 saturated carbocycles. The molecule has 0 bridgehead atoms. The third kappa shape index (κ3) is 11.2. The Balaban J connectivity index is 1.13. The fraction of sp³-hybridized carbons (Fsp3) is 0.351. The Hall–Kier alpha value is -5.72. The van der Waals surface area contributed by atoms with Gasteiger partial charge >= 0.3 is 0 Å². The summed E-state index contributed by atoms with van der Waals surface area (Å²) < 4.78 is 2.24. The Bertz CT molecular complexity index is 1860. The van der Waals surface area contributed by atoms with E-state index in [1.54, 1.807) is 18.2 Å². The highest BCUT2D eigenvalue weighted by molar-refractivity contribution is 6.06. The topological polar surface area (TPSA) is 199 Å². The number of para-hydroxylation sites is 1. The molecule has 4 aromatic rings. The predicted molar refractivity (Wildman–Crippen MR) is 196 cm³/mol. The first-order chi connectivity index (χ1) is 24.3. The van der Waals surface area contributed by atoms with Gasteiger partial charge in [0, 0.05) is 50.0 Å². The molecule has 2 aromatic heterocycles. The number of unbranched alkanes of at least 4 members (excludes halogenated alkanes) is 2. The van der Waals surface area contributed by atoms with Gasteiger partial charge in [-0.2, -0.15) is 0 Å². The number of anilines is 2. The molecule has 4 rings (SSSR count). The number of aryl methyl sites for hydroxylation is 2. The Kier molecular flexibility index (Phi) is 14.3. The number of rotatable bonds is 17. The third-order valence-electron chi connectivity index (χ3n) is 8.02. The molecule has 0 spiro atoms. The Labute approximate surface area is 291 Å². The van der Waals surface area contributed by atoms with E-state index in [9.17, 15) is 19.2 Å². The van der Waals surface area contributed by atoms with Gasteiger partial charge in [-0.1, -0.05) is 74.0 Å². The minimum atomic E-state index is -0.523. The fourth-order valence-corrected chi connectivity index (χ4v) is 5.33. The zero-order valence-corrected chi connectivity index (χ0v) is 28.5. The van der Waals surface area contributed by atoms with E-state index in [-0.39, 0.29) is 38.4 Å². The standard InChI is InChI=1S/C37H47N9O4/c1-2-3-18-30-45-35-36(27-15-10-11-17-29(27)44-37(35)39)46(30)22-13-12-21-40-31(47)19-20-32(48)42-24-34(50)43-25-33(49)41-23-26-14-8-6-4-5-7-9-16-28(26)38/h4-11,14-17H,2-3,12-13,18-25,38H2,1H3,(H2,39,44)(H,40,47)(H,41,49)(H,42,48)(H,43,50). The summed E-state index contributed by atoms with van der Waals surface area (Å²) in [5.74, 6) is -0.197. The van der Waals surface area contributed by atoms with Gasteiger partial charge in [-0.3, -0.25) is 19.2 Å². The van der Waals surface area contributed by atoms with Crippen LogP contribution in [0.5, 0.6) is 0 Å². The lowest BCUT2D eigenvalue weighted by molar-refractivity contribution is -0.129. The number of nitrogens with zero attached hydrogens (tertiary/aromatic N) is 3. The first kappa shape index (κ1) is 37.1. The van der Waals surface area contributed by atoms with Gasteiger partial charge in [0.15, 0.2) is 5.82 Å². The number of aromatic nitrogens is 3. The highest BCUT2D eigenvalue weighted by Gasteiger charge is 2.17. The molecule has 13 heteroatoms. The minimum absolute atomic E-state index is 0.00383. The van der Waals surface area contributed by atoms with Crippen LogP contribution in [0.25, 0.3) is 21.9 Å². The Morgan fingerprint density at radius 2 is 1.34 bits per heavy atom. The van der Waals surface area contributed by atoms with Crippen LogP contribution in [0.4, 0.5) is 11.5 Å². The zero-order valence-electron chi connectivity index (χ0n) is 28.5. The van der Waals surface area contributed by atoms with Crippen molar-refractivity contribution in [1.29, 1.82) is 0 Å². The van der Waals surface area contributed by atoms with Crippen molar-refractivity contribution >= 4 is 57.1 Å². The van der Waals surface area contributed by atoms with Crippen molar-refractivity contribution in [2.75, 3.05) is 31.1 Å². The minimum Gasteiger partial charge on any atom is -0.398 e. The number of hydrogen-bond donors (Lipinski definition) is 6. The van der Waals surface area contributed by atoms with Crippen molar-refractivity contribution in [3.05, 3.63) is 84.2 Å². The third-order valence-corrected chi connectivity index (χ3v) is 8.02. The van der Waals surface area contributed by atoms with Gasteiger partial charge in [-0.25, -0.2) is 9.97 Å². The summed E-state index contributed by atoms with van der Waals surface area (Å²) in [6.45, 7) is 2.96. The maximum atomic E-state index is 12.4. The second-order valence-corrected chi connectivity index (χ2v) is 11.9. The van der Waals surface area contributed by atoms with Crippen molar-refractivity contribution in [1.82, 2.24) is 35.8 Å². The van der Waals surface area contributed by atoms with Crippen molar-refractivity contribution in [3.8, 4) is 0 Å². The number of carbonyl (C=O) groups excluding carboxylic acids is 4. The number of benzene rings is 1. The zero-order chi connectivity index (χ0) is 35.7. The van der Waals surface area contributed by atoms with Crippen molar-refractivity contribution in [2.24, 2.45) is 0 Å². The number of amides is 4. The van der Waals surface area contributed by atoms with Crippen LogP contribution in [0.2, 0.25) is 0 Å². The number of hydrogen-bond acceptors (Lipinski definition) is 8. The predicted octanol–water partition coefficient (Wildman–Crippen LogP) is 3.44. The molecule has 0 fully saturated rings. The van der Waals surface area contributed by atoms with E-state index in [4.69, 9.17) is 16.5 Å². The summed E-state index contributed by atoms with van der Waals surface area (Å²) >= 11 is 0. The van der Waals surface area contributed by atoms with Gasteiger partial charge in [-0.05, 0) is 37.0 Å². The molecule has 50 heavy (non-hydrogen) atoms. The van der Waals surface area contributed by atoms with E-state index in [2.05, 4.69) is 37.7 Å². The lowest BCUT2D eigenvalue weighted by Gasteiger charge is -2.11. The highest BCUT2D eigenvalue weighted by atomic mass is 16.2. The largest absolute Gasteiger partial charge is 0.398 e. The number of nitrogens with two attached hydrogens (primary N) is 2. The molecular weight excluding hydrogens is 634 g/mol. The molecule has 0 aliphatic rings.